The lowest BCUT2D eigenvalue weighted by atomic mass is 9.58. The van der Waals surface area contributed by atoms with E-state index in [9.17, 15) is 50.3 Å². The van der Waals surface area contributed by atoms with Crippen LogP contribution in [0.5, 0.6) is 0 Å². The lowest BCUT2D eigenvalue weighted by Gasteiger charge is -2.54. The lowest BCUT2D eigenvalue weighted by Crippen LogP contribution is -2.71. The van der Waals surface area contributed by atoms with E-state index in [1.807, 2.05) is 13.8 Å². The average molecular weight is 1570 g/mol. The molecular formula is C77H119ClF6N12O13. The van der Waals surface area contributed by atoms with E-state index in [-0.39, 0.29) is 128 Å². The van der Waals surface area contributed by atoms with E-state index in [0.717, 1.165) is 27.5 Å². The number of carbonyl (C=O) groups excluding carboxylic acids is 12. The van der Waals surface area contributed by atoms with Gasteiger partial charge < -0.3 is 64.8 Å². The van der Waals surface area contributed by atoms with Crippen LogP contribution in [0.15, 0.2) is 12.2 Å². The van der Waals surface area contributed by atoms with Gasteiger partial charge in [-0.1, -0.05) is 72.0 Å². The van der Waals surface area contributed by atoms with Crippen LogP contribution in [0.4, 0.5) is 26.3 Å². The Bertz CT molecular complexity index is 3320. The predicted octanol–water partition coefficient (Wildman–Crippen LogP) is 7.06. The number of likely N-dealkylation sites (N-methyl/N-ethyl adjacent to an activating group) is 7. The number of nitrogens with one attached hydrogen (secondary N) is 3. The van der Waals surface area contributed by atoms with Gasteiger partial charge in [-0.3, -0.25) is 57.5 Å². The molecule has 3 aliphatic heterocycles. The maximum absolute atomic E-state index is 15.8. The first kappa shape index (κ1) is 87.8. The second kappa shape index (κ2) is 36.8. The van der Waals surface area contributed by atoms with Crippen LogP contribution >= 0.6 is 11.6 Å². The molecule has 2 saturated heterocycles. The van der Waals surface area contributed by atoms with Crippen molar-refractivity contribution in [3.63, 3.8) is 0 Å². The Morgan fingerprint density at radius 3 is 1.82 bits per heavy atom. The summed E-state index contributed by atoms with van der Waals surface area (Å²) in [4.78, 5) is 193. The smallest absolute Gasteiger partial charge is 0.377 e. The normalized spacial score (nSPS) is 32.2. The molecule has 5 aliphatic carbocycles. The van der Waals surface area contributed by atoms with Gasteiger partial charge in [0.05, 0.1) is 37.5 Å². The van der Waals surface area contributed by atoms with Crippen LogP contribution in [0.3, 0.4) is 0 Å². The Balaban J connectivity index is 1.21. The van der Waals surface area contributed by atoms with Gasteiger partial charge in [-0.15, -0.1) is 11.6 Å². The van der Waals surface area contributed by atoms with Gasteiger partial charge in [0.25, 0.3) is 0 Å². The summed E-state index contributed by atoms with van der Waals surface area (Å²) in [6.45, 7) is 7.49. The van der Waals surface area contributed by atoms with Gasteiger partial charge in [-0.05, 0) is 151 Å². The number of alkyl halides is 7. The summed E-state index contributed by atoms with van der Waals surface area (Å²) in [5.41, 5.74) is -2.25. The second-order valence-corrected chi connectivity index (χ2v) is 34.3. The first-order chi connectivity index (χ1) is 51.0. The van der Waals surface area contributed by atoms with Crippen molar-refractivity contribution in [2.75, 3.05) is 89.2 Å². The van der Waals surface area contributed by atoms with Crippen molar-refractivity contribution in [3.05, 3.63) is 12.2 Å². The van der Waals surface area contributed by atoms with Crippen molar-refractivity contribution in [3.8, 4) is 0 Å². The maximum atomic E-state index is 15.8. The van der Waals surface area contributed by atoms with Crippen molar-refractivity contribution in [2.45, 2.75) is 266 Å². The first-order valence-electron chi connectivity index (χ1n) is 39.4. The third-order valence-electron chi connectivity index (χ3n) is 24.8. The van der Waals surface area contributed by atoms with E-state index in [0.29, 0.717) is 32.1 Å². The summed E-state index contributed by atoms with van der Waals surface area (Å²) < 4.78 is 91.1. The van der Waals surface area contributed by atoms with Gasteiger partial charge in [-0.2, -0.15) is 26.3 Å². The van der Waals surface area contributed by atoms with E-state index >= 15 is 33.6 Å². The van der Waals surface area contributed by atoms with Gasteiger partial charge in [0, 0.05) is 87.9 Å². The number of hydrogen-bond acceptors (Lipinski definition) is 13. The zero-order valence-electron chi connectivity index (χ0n) is 66.0. The molecule has 32 heteroatoms. The van der Waals surface area contributed by atoms with E-state index in [1.165, 1.54) is 85.8 Å². The van der Waals surface area contributed by atoms with E-state index < -0.39 is 209 Å². The molecule has 8 rings (SSSR count). The van der Waals surface area contributed by atoms with E-state index in [1.54, 1.807) is 32.9 Å². The highest BCUT2D eigenvalue weighted by molar-refractivity contribution is 6.21. The minimum atomic E-state index is -4.57. The number of nitrogens with zero attached hydrogens (tertiary/aromatic N) is 9. The number of rotatable bonds is 13. The van der Waals surface area contributed by atoms with Crippen LogP contribution in [-0.4, -0.2) is 282 Å². The Labute approximate surface area is 643 Å². The largest absolute Gasteiger partial charge is 0.393 e. The molecule has 0 aromatic heterocycles. The third-order valence-corrected chi connectivity index (χ3v) is 25.3. The molecule has 1 spiro atoms. The molecule has 3 heterocycles. The average Bonchev–Trinajstić information content (AvgIpc) is 1.31. The highest BCUT2D eigenvalue weighted by Crippen LogP contribution is 2.50. The minimum Gasteiger partial charge on any atom is -0.377 e. The highest BCUT2D eigenvalue weighted by atomic mass is 35.5. The summed E-state index contributed by atoms with van der Waals surface area (Å²) in [6.07, 6.45) is -3.40. The topological polar surface area (TPSA) is 279 Å². The van der Waals surface area contributed by atoms with Crippen molar-refractivity contribution in [2.24, 2.45) is 46.8 Å². The van der Waals surface area contributed by atoms with Gasteiger partial charge in [0.1, 0.15) is 53.9 Å². The molecule has 25 nitrogen and oxygen atoms in total. The van der Waals surface area contributed by atoms with Crippen LogP contribution < -0.4 is 16.0 Å². The quantitative estimate of drug-likeness (QED) is 0.0947. The Morgan fingerprint density at radius 2 is 1.25 bits per heavy atom. The molecule has 3 N–H and O–H groups in total. The van der Waals surface area contributed by atoms with Gasteiger partial charge in [-0.25, -0.2) is 0 Å². The fourth-order valence-electron chi connectivity index (χ4n) is 18.1. The third kappa shape index (κ3) is 21.5. The fourth-order valence-corrected chi connectivity index (χ4v) is 18.6. The molecule has 614 valence electrons. The summed E-state index contributed by atoms with van der Waals surface area (Å²) >= 11 is 6.44. The van der Waals surface area contributed by atoms with Gasteiger partial charge >= 0.3 is 12.4 Å². The van der Waals surface area contributed by atoms with Crippen LogP contribution in [0.2, 0.25) is 0 Å². The summed E-state index contributed by atoms with van der Waals surface area (Å²) in [5.74, 6) is -14.1. The monoisotopic (exact) mass is 1570 g/mol. The predicted molar refractivity (Wildman–Crippen MR) is 393 cm³/mol. The number of halogens is 7. The van der Waals surface area contributed by atoms with Gasteiger partial charge in [0.2, 0.25) is 70.9 Å². The molecule has 2 bridgehead atoms. The summed E-state index contributed by atoms with van der Waals surface area (Å²) in [5, 5.41) is 7.43. The maximum Gasteiger partial charge on any atom is 0.393 e. The summed E-state index contributed by atoms with van der Waals surface area (Å²) in [6, 6.07) is -10.8. The molecular weight excluding hydrogens is 1450 g/mol. The van der Waals surface area contributed by atoms with Crippen molar-refractivity contribution in [1.82, 2.24) is 60.0 Å². The van der Waals surface area contributed by atoms with Crippen molar-refractivity contribution in [1.29, 1.82) is 0 Å². The molecule has 8 aliphatic rings. The fraction of sp³-hybridized carbons (Fsp3) is 0.818. The van der Waals surface area contributed by atoms with Crippen LogP contribution in [0.25, 0.3) is 0 Å². The van der Waals surface area contributed by atoms with E-state index in [2.05, 4.69) is 16.0 Å². The zero-order valence-corrected chi connectivity index (χ0v) is 66.7. The molecule has 12 amide bonds. The molecule has 0 radical (unpaired) electrons. The molecule has 13 atom stereocenters. The molecule has 3 unspecified atom stereocenters. The molecule has 0 aromatic carbocycles. The van der Waals surface area contributed by atoms with Crippen LogP contribution in [-0.2, 0) is 62.3 Å². The number of ether oxygens (including phenoxy) is 1. The number of fused-ring (bicyclic) bond motifs is 3. The molecule has 109 heavy (non-hydrogen) atoms. The number of carbonyl (C=O) groups is 12. The SMILES string of the molecule is CCO[C@@H]1C[C@H]2C(=O)NC3(CC(C)(C)C3)C(=O)N(C)[C@@H](C3CCCC3)C(=O)N(C)[C@H](C(=O)N(C)C)CC(=O)N(C)[C@@H](CC3CC3)C(=O)N[C@@H]([C@@H](C)CC)C(=O)N(C)CC(=O)N(C)[C@H]3C/C=C\CCN(C3=O)[C@@H](CC3CCC(C(F)(F)F)CC3)C(=O)N(C)CC(=O)N[C@@H](CCC3CCC(C(F)(F)F)C(Cl)C3)C(=O)N2C1. The minimum absolute atomic E-state index is 0.0187. The van der Waals surface area contributed by atoms with Crippen LogP contribution in [0, 0.1) is 46.8 Å². The Kier molecular flexibility index (Phi) is 29.6. The summed E-state index contributed by atoms with van der Waals surface area (Å²) in [7, 11) is 11.2. The standard InChI is InChI=1S/C77H119ClF6N12O13/c1-14-45(3)63-71(106)90(9)42-62(99)91(10)55-23-17-16-20-34-95(70(55)105)59(37-48-26-30-50(31-27-48)76(79,80)81)69(104)89(8)41-60(97)85-54(33-29-46-28-32-52(53(78)35-46)77(82,83)84)67(102)96-40-51(109-15-2)38-57(96)66(101)87-75(43-74(4,5)44-75)73(108)94(13)64(49-21-18-19-22-49)72(107)93(12)58(68(103)88(6)7)39-61(98)92(11)56(65(100)86-63)36-47-24-25-47/h16-17,45-59,63-64H,14-15,18-44H2,1-13H3,(H,85,97)(H,86,100)(H,87,101)/b17-16-/t45-,46?,48?,50?,51+,52?,53?,54-,55-,56-,57-,58-,59-,63-,64-/m0/s1. The number of amides is 12. The van der Waals surface area contributed by atoms with Crippen molar-refractivity contribution < 1.29 is 88.6 Å². The Hall–Kier alpha value is -6.79. The zero-order chi connectivity index (χ0) is 80.7. The van der Waals surface area contributed by atoms with Crippen LogP contribution in [0.1, 0.15) is 189 Å². The van der Waals surface area contributed by atoms with Crippen molar-refractivity contribution >= 4 is 82.5 Å². The van der Waals surface area contributed by atoms with E-state index in [4.69, 9.17) is 16.3 Å². The molecule has 5 saturated carbocycles. The Morgan fingerprint density at radius 1 is 0.642 bits per heavy atom. The van der Waals surface area contributed by atoms with Gasteiger partial charge in [0.15, 0.2) is 0 Å². The second-order valence-electron chi connectivity index (χ2n) is 33.8. The molecule has 7 fully saturated rings. The first-order valence-corrected chi connectivity index (χ1v) is 39.8. The molecule has 0 aromatic rings. The highest BCUT2D eigenvalue weighted by Gasteiger charge is 2.60. The lowest BCUT2D eigenvalue weighted by molar-refractivity contribution is -0.184. The number of hydrogen-bond donors (Lipinski definition) is 3.